The van der Waals surface area contributed by atoms with Crippen molar-refractivity contribution in [3.8, 4) is 0 Å². The highest BCUT2D eigenvalue weighted by atomic mass is 35.7. The maximum atomic E-state index is 13.5. The quantitative estimate of drug-likeness (QED) is 0.827. The molecule has 0 heterocycles. The van der Waals surface area contributed by atoms with E-state index in [-0.39, 0.29) is 5.69 Å². The summed E-state index contributed by atoms with van der Waals surface area (Å²) in [7, 11) is 6.43. The van der Waals surface area contributed by atoms with E-state index in [1.165, 1.54) is 6.07 Å². The van der Waals surface area contributed by atoms with Gasteiger partial charge < -0.3 is 11.1 Å². The Morgan fingerprint density at radius 3 is 2.79 bits per heavy atom. The van der Waals surface area contributed by atoms with E-state index in [1.54, 1.807) is 13.0 Å². The number of hydrogen-bond donors (Lipinski definition) is 2. The van der Waals surface area contributed by atoms with Crippen molar-refractivity contribution < 1.29 is 9.18 Å². The molecule has 0 aliphatic carbocycles. The SMILES string of the molecule is Cc1c(SCl)ccc(NC(N)=O)c1F. The molecule has 0 aromatic heterocycles. The Labute approximate surface area is 89.3 Å². The van der Waals surface area contributed by atoms with Gasteiger partial charge >= 0.3 is 6.03 Å². The Morgan fingerprint density at radius 2 is 2.29 bits per heavy atom. The van der Waals surface area contributed by atoms with E-state index in [2.05, 4.69) is 5.32 Å². The van der Waals surface area contributed by atoms with E-state index in [9.17, 15) is 9.18 Å². The topological polar surface area (TPSA) is 55.1 Å². The van der Waals surface area contributed by atoms with Crippen molar-refractivity contribution in [2.75, 3.05) is 5.32 Å². The van der Waals surface area contributed by atoms with Crippen LogP contribution in [0.3, 0.4) is 0 Å². The molecule has 3 nitrogen and oxygen atoms in total. The van der Waals surface area contributed by atoms with Gasteiger partial charge in [-0.25, -0.2) is 9.18 Å². The third kappa shape index (κ3) is 2.30. The van der Waals surface area contributed by atoms with Crippen LogP contribution < -0.4 is 11.1 Å². The number of rotatable bonds is 2. The Morgan fingerprint density at radius 1 is 1.64 bits per heavy atom. The van der Waals surface area contributed by atoms with Crippen LogP contribution in [0.1, 0.15) is 5.56 Å². The summed E-state index contributed by atoms with van der Waals surface area (Å²) in [5, 5.41) is 2.18. The second-order valence-corrected chi connectivity index (χ2v) is 3.67. The summed E-state index contributed by atoms with van der Waals surface area (Å²) in [6, 6.07) is 2.23. The monoisotopic (exact) mass is 234 g/mol. The number of hydrogen-bond acceptors (Lipinski definition) is 2. The largest absolute Gasteiger partial charge is 0.351 e. The van der Waals surface area contributed by atoms with E-state index < -0.39 is 11.8 Å². The normalized spacial score (nSPS) is 9.93. The maximum Gasteiger partial charge on any atom is 0.316 e. The molecule has 0 saturated heterocycles. The number of primary amides is 1. The van der Waals surface area contributed by atoms with Gasteiger partial charge in [-0.2, -0.15) is 0 Å². The van der Waals surface area contributed by atoms with Crippen molar-refractivity contribution in [3.05, 3.63) is 23.5 Å². The molecule has 14 heavy (non-hydrogen) atoms. The van der Waals surface area contributed by atoms with Crippen molar-refractivity contribution in [2.24, 2.45) is 5.73 Å². The van der Waals surface area contributed by atoms with Crippen LogP contribution in [0, 0.1) is 12.7 Å². The standard InChI is InChI=1S/C8H8ClFN2OS/c1-4-6(14-9)3-2-5(7(4)10)12-8(11)13/h2-3H,1H3,(H3,11,12,13). The minimum atomic E-state index is -0.797. The van der Waals surface area contributed by atoms with Crippen molar-refractivity contribution in [1.82, 2.24) is 0 Å². The van der Waals surface area contributed by atoms with Gasteiger partial charge in [0.1, 0.15) is 0 Å². The third-order valence-electron chi connectivity index (χ3n) is 1.68. The van der Waals surface area contributed by atoms with Crippen molar-refractivity contribution >= 4 is 33.4 Å². The lowest BCUT2D eigenvalue weighted by Crippen LogP contribution is -2.20. The van der Waals surface area contributed by atoms with Crippen LogP contribution in [0.2, 0.25) is 0 Å². The highest BCUT2D eigenvalue weighted by Crippen LogP contribution is 2.30. The van der Waals surface area contributed by atoms with E-state index >= 15 is 0 Å². The second-order valence-electron chi connectivity index (χ2n) is 2.62. The zero-order valence-electron chi connectivity index (χ0n) is 7.30. The molecule has 0 bridgehead atoms. The first-order chi connectivity index (χ1) is 6.56. The molecular weight excluding hydrogens is 227 g/mol. The predicted molar refractivity (Wildman–Crippen MR) is 56.1 cm³/mol. The fourth-order valence-corrected chi connectivity index (χ4v) is 1.81. The van der Waals surface area contributed by atoms with Crippen LogP contribution in [-0.4, -0.2) is 6.03 Å². The summed E-state index contributed by atoms with van der Waals surface area (Å²) >= 11 is 0. The van der Waals surface area contributed by atoms with Gasteiger partial charge in [-0.3, -0.25) is 0 Å². The molecule has 0 saturated carbocycles. The molecule has 1 aromatic carbocycles. The van der Waals surface area contributed by atoms with Crippen molar-refractivity contribution in [2.45, 2.75) is 11.8 Å². The summed E-state index contributed by atoms with van der Waals surface area (Å²) in [5.74, 6) is -0.519. The number of benzene rings is 1. The smallest absolute Gasteiger partial charge is 0.316 e. The van der Waals surface area contributed by atoms with Crippen molar-refractivity contribution in [3.63, 3.8) is 0 Å². The molecule has 0 aliphatic heterocycles. The lowest BCUT2D eigenvalue weighted by Gasteiger charge is -2.07. The lowest BCUT2D eigenvalue weighted by molar-refractivity contribution is 0.259. The number of amides is 2. The third-order valence-corrected chi connectivity index (χ3v) is 2.78. The molecule has 3 N–H and O–H groups in total. The molecule has 1 rings (SSSR count). The summed E-state index contributed by atoms with van der Waals surface area (Å²) in [4.78, 5) is 11.1. The molecule has 0 unspecified atom stereocenters. The minimum Gasteiger partial charge on any atom is -0.351 e. The summed E-state index contributed by atoms with van der Waals surface area (Å²) in [5.41, 5.74) is 5.31. The molecule has 0 aliphatic rings. The maximum absolute atomic E-state index is 13.5. The van der Waals surface area contributed by atoms with Gasteiger partial charge in [0, 0.05) is 10.5 Å². The Kier molecular flexibility index (Phi) is 3.60. The van der Waals surface area contributed by atoms with Crippen LogP contribution in [0.15, 0.2) is 17.0 Å². The predicted octanol–water partition coefficient (Wildman–Crippen LogP) is 2.87. The average molecular weight is 235 g/mol. The average Bonchev–Trinajstić information content (AvgIpc) is 2.13. The minimum absolute atomic E-state index is 0.0597. The van der Waals surface area contributed by atoms with Crippen LogP contribution in [0.5, 0.6) is 0 Å². The van der Waals surface area contributed by atoms with Crippen LogP contribution >= 0.6 is 21.7 Å². The van der Waals surface area contributed by atoms with Gasteiger partial charge in [-0.05, 0) is 40.7 Å². The van der Waals surface area contributed by atoms with Gasteiger partial charge in [0.2, 0.25) is 0 Å². The van der Waals surface area contributed by atoms with Crippen LogP contribution in [-0.2, 0) is 0 Å². The van der Waals surface area contributed by atoms with E-state index in [0.29, 0.717) is 10.5 Å². The molecule has 0 spiro atoms. The van der Waals surface area contributed by atoms with Gasteiger partial charge in [-0.15, -0.1) is 0 Å². The molecule has 0 fully saturated rings. The van der Waals surface area contributed by atoms with Crippen LogP contribution in [0.4, 0.5) is 14.9 Å². The molecule has 6 heteroatoms. The van der Waals surface area contributed by atoms with Crippen molar-refractivity contribution in [1.29, 1.82) is 0 Å². The van der Waals surface area contributed by atoms with E-state index in [0.717, 1.165) is 11.0 Å². The lowest BCUT2D eigenvalue weighted by atomic mass is 10.2. The first kappa shape index (κ1) is 11.1. The molecule has 76 valence electrons. The summed E-state index contributed by atoms with van der Waals surface area (Å²) in [6.07, 6.45) is 0. The van der Waals surface area contributed by atoms with Gasteiger partial charge in [0.15, 0.2) is 5.82 Å². The molecule has 0 atom stereocenters. The highest BCUT2D eigenvalue weighted by molar-refractivity contribution is 8.21. The van der Waals surface area contributed by atoms with E-state index in [1.807, 2.05) is 0 Å². The van der Waals surface area contributed by atoms with Gasteiger partial charge in [-0.1, -0.05) is 0 Å². The van der Waals surface area contributed by atoms with Gasteiger partial charge in [0.25, 0.3) is 0 Å². The fourth-order valence-electron chi connectivity index (χ4n) is 0.980. The number of urea groups is 1. The van der Waals surface area contributed by atoms with Crippen LogP contribution in [0.25, 0.3) is 0 Å². The molecular formula is C8H8ClFN2OS. The first-order valence-electron chi connectivity index (χ1n) is 3.70. The molecule has 0 radical (unpaired) electrons. The number of nitrogens with two attached hydrogens (primary N) is 1. The van der Waals surface area contributed by atoms with Gasteiger partial charge in [0.05, 0.1) is 5.69 Å². The zero-order chi connectivity index (χ0) is 10.7. The zero-order valence-corrected chi connectivity index (χ0v) is 8.88. The Hall–Kier alpha value is -0.940. The summed E-state index contributed by atoms with van der Waals surface area (Å²) in [6.45, 7) is 1.58. The Balaban J connectivity index is 3.10. The summed E-state index contributed by atoms with van der Waals surface area (Å²) < 4.78 is 13.5. The van der Waals surface area contributed by atoms with E-state index in [4.69, 9.17) is 16.4 Å². The fraction of sp³-hybridized carbons (Fsp3) is 0.125. The first-order valence-corrected chi connectivity index (χ1v) is 5.34. The number of carbonyl (C=O) groups is 1. The number of halogens is 2. The Bertz CT molecular complexity index is 373. The second kappa shape index (κ2) is 4.52. The highest BCUT2D eigenvalue weighted by Gasteiger charge is 2.10. The number of anilines is 1. The number of nitrogens with one attached hydrogen (secondary N) is 1. The number of carbonyl (C=O) groups excluding carboxylic acids is 1. The molecule has 2 amide bonds. The molecule has 1 aromatic rings.